The van der Waals surface area contributed by atoms with Crippen LogP contribution in [0.5, 0.6) is 5.75 Å². The van der Waals surface area contributed by atoms with Crippen LogP contribution in [0.2, 0.25) is 10.0 Å². The highest BCUT2D eigenvalue weighted by molar-refractivity contribution is 6.35. The SMILES string of the molecule is Cc1cc(OCCCc2c3n(c4c(-c5c(C)nn(C)c5C)c(Cl)ccc24)CCCN(Cc2cc(CCNCCC(C)C)cc(C(=O)O)c2)C3=O)cc(C)c1Cl. The quantitative estimate of drug-likeness (QED) is 0.103. The van der Waals surface area contributed by atoms with Gasteiger partial charge in [0.05, 0.1) is 28.4 Å². The Labute approximate surface area is 334 Å². The van der Waals surface area contributed by atoms with Crippen molar-refractivity contribution in [1.82, 2.24) is 24.6 Å². The van der Waals surface area contributed by atoms with Crippen molar-refractivity contribution >= 4 is 46.0 Å². The Morgan fingerprint density at radius 2 is 1.69 bits per heavy atom. The maximum absolute atomic E-state index is 15.0. The van der Waals surface area contributed by atoms with Crippen LogP contribution in [-0.2, 0) is 33.0 Å². The van der Waals surface area contributed by atoms with E-state index >= 15 is 0 Å². The number of carboxylic acids is 1. The summed E-state index contributed by atoms with van der Waals surface area (Å²) in [5, 5.41) is 20.6. The fourth-order valence-corrected chi connectivity index (χ4v) is 8.28. The average Bonchev–Trinajstić information content (AvgIpc) is 3.51. The van der Waals surface area contributed by atoms with E-state index < -0.39 is 5.97 Å². The predicted octanol–water partition coefficient (Wildman–Crippen LogP) is 9.52. The zero-order chi connectivity index (χ0) is 39.6. The molecule has 5 aromatic rings. The summed E-state index contributed by atoms with van der Waals surface area (Å²) in [5.74, 6) is 0.335. The highest BCUT2D eigenvalue weighted by Gasteiger charge is 2.32. The van der Waals surface area contributed by atoms with Crippen molar-refractivity contribution in [3.63, 3.8) is 0 Å². The summed E-state index contributed by atoms with van der Waals surface area (Å²) in [4.78, 5) is 29.1. The third-order valence-corrected chi connectivity index (χ3v) is 11.7. The normalized spacial score (nSPS) is 13.2. The second-order valence-electron chi connectivity index (χ2n) is 15.4. The van der Waals surface area contributed by atoms with Crippen LogP contribution in [0, 0.1) is 33.6 Å². The molecule has 1 amide bonds. The summed E-state index contributed by atoms with van der Waals surface area (Å²) >= 11 is 13.5. The Hall–Kier alpha value is -4.31. The van der Waals surface area contributed by atoms with E-state index in [-0.39, 0.29) is 11.5 Å². The lowest BCUT2D eigenvalue weighted by molar-refractivity contribution is 0.0696. The molecule has 3 heterocycles. The molecule has 2 aromatic heterocycles. The third kappa shape index (κ3) is 8.74. The van der Waals surface area contributed by atoms with Crippen LogP contribution >= 0.6 is 23.2 Å². The molecule has 0 atom stereocenters. The number of aryl methyl sites for hydroxylation is 6. The van der Waals surface area contributed by atoms with E-state index in [1.54, 1.807) is 12.1 Å². The summed E-state index contributed by atoms with van der Waals surface area (Å²) in [6.45, 7) is 16.0. The van der Waals surface area contributed by atoms with Crippen molar-refractivity contribution in [2.75, 3.05) is 26.2 Å². The van der Waals surface area contributed by atoms with E-state index in [1.165, 1.54) is 0 Å². The summed E-state index contributed by atoms with van der Waals surface area (Å²) < 4.78 is 10.3. The van der Waals surface area contributed by atoms with Crippen molar-refractivity contribution in [3.05, 3.63) is 103 Å². The van der Waals surface area contributed by atoms with Crippen LogP contribution in [0.4, 0.5) is 0 Å². The maximum atomic E-state index is 15.0. The first-order valence-electron chi connectivity index (χ1n) is 19.3. The number of benzene rings is 3. The number of fused-ring (bicyclic) bond motifs is 3. The predicted molar refractivity (Wildman–Crippen MR) is 222 cm³/mol. The largest absolute Gasteiger partial charge is 0.494 e. The van der Waals surface area contributed by atoms with Gasteiger partial charge in [-0.15, -0.1) is 0 Å². The van der Waals surface area contributed by atoms with Crippen molar-refractivity contribution in [2.24, 2.45) is 13.0 Å². The Bertz CT molecular complexity index is 2210. The van der Waals surface area contributed by atoms with Gasteiger partial charge in [0.15, 0.2) is 0 Å². The summed E-state index contributed by atoms with van der Waals surface area (Å²) in [7, 11) is 1.93. The van der Waals surface area contributed by atoms with Gasteiger partial charge in [-0.3, -0.25) is 9.48 Å². The number of carbonyl (C=O) groups excluding carboxylic acids is 1. The minimum atomic E-state index is -0.975. The number of hydrogen-bond donors (Lipinski definition) is 2. The van der Waals surface area contributed by atoms with Crippen LogP contribution < -0.4 is 10.1 Å². The van der Waals surface area contributed by atoms with Crippen LogP contribution in [0.15, 0.2) is 42.5 Å². The van der Waals surface area contributed by atoms with E-state index in [1.807, 2.05) is 68.6 Å². The van der Waals surface area contributed by atoms with Crippen LogP contribution in [-0.4, -0.2) is 62.5 Å². The highest BCUT2D eigenvalue weighted by Crippen LogP contribution is 2.43. The van der Waals surface area contributed by atoms with Gasteiger partial charge in [0.1, 0.15) is 11.4 Å². The van der Waals surface area contributed by atoms with Crippen LogP contribution in [0.1, 0.15) is 93.2 Å². The second kappa shape index (κ2) is 17.2. The van der Waals surface area contributed by atoms with E-state index in [4.69, 9.17) is 33.0 Å². The minimum Gasteiger partial charge on any atom is -0.494 e. The number of hydrogen-bond acceptors (Lipinski definition) is 5. The number of ether oxygens (including phenoxy) is 1. The molecule has 11 heteroatoms. The van der Waals surface area contributed by atoms with Crippen molar-refractivity contribution in [3.8, 4) is 16.9 Å². The van der Waals surface area contributed by atoms with Gasteiger partial charge < -0.3 is 24.6 Å². The lowest BCUT2D eigenvalue weighted by Crippen LogP contribution is -2.31. The molecule has 6 rings (SSSR count). The molecule has 0 saturated carbocycles. The molecule has 3 aromatic carbocycles. The first-order valence-corrected chi connectivity index (χ1v) is 20.1. The zero-order valence-electron chi connectivity index (χ0n) is 33.1. The molecule has 2 N–H and O–H groups in total. The molecule has 1 aliphatic rings. The standard InChI is InChI=1S/C44H53Cl2N5O4/c1-26(2)13-15-47-16-14-31-22-32(24-33(23-31)44(53)54)25-50-17-9-18-51-41-36(11-12-37(45)39(41)38-29(5)48-49(7)30(38)6)35(42(51)43(50)52)10-8-19-55-34-20-27(3)40(46)28(4)21-34/h11-12,20-24,26,47H,8-10,13-19,25H2,1-7H3,(H,53,54). The Balaban J connectivity index is 1.37. The van der Waals surface area contributed by atoms with E-state index in [2.05, 4.69) is 29.8 Å². The number of carbonyl (C=O) groups is 2. The van der Waals surface area contributed by atoms with Crippen LogP contribution in [0.3, 0.4) is 0 Å². The molecule has 292 valence electrons. The molecular formula is C44H53Cl2N5O4. The summed E-state index contributed by atoms with van der Waals surface area (Å²) in [6, 6.07) is 13.4. The van der Waals surface area contributed by atoms with Gasteiger partial charge in [0, 0.05) is 53.9 Å². The molecule has 0 bridgehead atoms. The van der Waals surface area contributed by atoms with Crippen molar-refractivity contribution < 1.29 is 19.4 Å². The number of rotatable bonds is 15. The van der Waals surface area contributed by atoms with Crippen LogP contribution in [0.25, 0.3) is 22.0 Å². The van der Waals surface area contributed by atoms with Gasteiger partial charge >= 0.3 is 5.97 Å². The molecule has 0 radical (unpaired) electrons. The monoisotopic (exact) mass is 785 g/mol. The zero-order valence-corrected chi connectivity index (χ0v) is 34.6. The van der Waals surface area contributed by atoms with Gasteiger partial charge in [0.2, 0.25) is 0 Å². The lowest BCUT2D eigenvalue weighted by Gasteiger charge is -2.22. The summed E-state index contributed by atoms with van der Waals surface area (Å²) in [5.41, 5.74) is 10.2. The molecule has 9 nitrogen and oxygen atoms in total. The minimum absolute atomic E-state index is 0.0760. The van der Waals surface area contributed by atoms with Gasteiger partial charge in [-0.25, -0.2) is 4.79 Å². The van der Waals surface area contributed by atoms with Crippen molar-refractivity contribution in [2.45, 2.75) is 86.7 Å². The van der Waals surface area contributed by atoms with E-state index in [9.17, 15) is 14.7 Å². The van der Waals surface area contributed by atoms with Gasteiger partial charge in [-0.2, -0.15) is 5.10 Å². The lowest BCUT2D eigenvalue weighted by atomic mass is 9.98. The Morgan fingerprint density at radius 3 is 2.36 bits per heavy atom. The number of aromatic carboxylic acids is 1. The Kier molecular flexibility index (Phi) is 12.6. The fourth-order valence-electron chi connectivity index (χ4n) is 7.93. The molecule has 1 aliphatic heterocycles. The maximum Gasteiger partial charge on any atom is 0.335 e. The molecule has 0 aliphatic carbocycles. The number of carboxylic acid groups (broad SMARTS) is 1. The number of aromatic nitrogens is 3. The number of nitrogens with zero attached hydrogens (tertiary/aromatic N) is 4. The fraction of sp³-hybridized carbons (Fsp3) is 0.432. The van der Waals surface area contributed by atoms with E-state index in [0.717, 1.165) is 97.9 Å². The number of nitrogens with one attached hydrogen (secondary N) is 1. The van der Waals surface area contributed by atoms with Gasteiger partial charge in [0.25, 0.3) is 5.91 Å². The summed E-state index contributed by atoms with van der Waals surface area (Å²) in [6.07, 6.45) is 3.80. The third-order valence-electron chi connectivity index (χ3n) is 10.7. The number of halogens is 2. The number of amides is 1. The molecular weight excluding hydrogens is 733 g/mol. The topological polar surface area (TPSA) is 102 Å². The highest BCUT2D eigenvalue weighted by atomic mass is 35.5. The smallest absolute Gasteiger partial charge is 0.335 e. The second-order valence-corrected chi connectivity index (χ2v) is 16.2. The van der Waals surface area contributed by atoms with Gasteiger partial charge in [-0.05, 0) is 137 Å². The van der Waals surface area contributed by atoms with E-state index in [0.29, 0.717) is 62.1 Å². The first-order chi connectivity index (χ1) is 26.2. The van der Waals surface area contributed by atoms with Crippen molar-refractivity contribution in [1.29, 1.82) is 0 Å². The molecule has 0 spiro atoms. The molecule has 0 fully saturated rings. The first kappa shape index (κ1) is 40.4. The molecule has 0 unspecified atom stereocenters. The Morgan fingerprint density at radius 1 is 0.964 bits per heavy atom. The van der Waals surface area contributed by atoms with Gasteiger partial charge in [-0.1, -0.05) is 49.2 Å². The molecule has 0 saturated heterocycles. The molecule has 55 heavy (non-hydrogen) atoms. The average molecular weight is 787 g/mol.